The van der Waals surface area contributed by atoms with E-state index in [0.29, 0.717) is 6.61 Å². The van der Waals surface area contributed by atoms with Gasteiger partial charge in [0.25, 0.3) is 9.04 Å². The molecule has 20 heavy (non-hydrogen) atoms. The standard InChI is InChI=1S/C17H27O2Si/c1-8-12-18-16-14(19-20(6)7)11-10-13(9-2)15(16)17(3,4)5/h9-11H,2,8,12H2,1,3-7H3. The summed E-state index contributed by atoms with van der Waals surface area (Å²) in [5.74, 6) is 1.76. The highest BCUT2D eigenvalue weighted by atomic mass is 28.3. The number of hydrogen-bond acceptors (Lipinski definition) is 2. The van der Waals surface area contributed by atoms with E-state index in [9.17, 15) is 0 Å². The molecule has 0 heterocycles. The van der Waals surface area contributed by atoms with Gasteiger partial charge in [-0.15, -0.1) is 0 Å². The second kappa shape index (κ2) is 6.98. The van der Waals surface area contributed by atoms with Crippen LogP contribution in [0.4, 0.5) is 0 Å². The van der Waals surface area contributed by atoms with Gasteiger partial charge in [0, 0.05) is 5.56 Å². The molecule has 1 rings (SSSR count). The van der Waals surface area contributed by atoms with Crippen molar-refractivity contribution >= 4 is 15.1 Å². The van der Waals surface area contributed by atoms with Crippen LogP contribution in [0.5, 0.6) is 11.5 Å². The average molecular weight is 291 g/mol. The van der Waals surface area contributed by atoms with Crippen molar-refractivity contribution < 1.29 is 9.16 Å². The van der Waals surface area contributed by atoms with E-state index in [-0.39, 0.29) is 5.41 Å². The topological polar surface area (TPSA) is 18.5 Å². The van der Waals surface area contributed by atoms with Gasteiger partial charge in [-0.05, 0) is 36.6 Å². The van der Waals surface area contributed by atoms with Crippen LogP contribution in [0.25, 0.3) is 6.08 Å². The molecule has 111 valence electrons. The average Bonchev–Trinajstić information content (AvgIpc) is 2.34. The Hall–Kier alpha value is -1.22. The van der Waals surface area contributed by atoms with Gasteiger partial charge in [0.1, 0.15) is 5.75 Å². The maximum atomic E-state index is 6.03. The molecule has 0 bridgehead atoms. The lowest BCUT2D eigenvalue weighted by molar-refractivity contribution is 0.298. The number of rotatable bonds is 6. The molecular weight excluding hydrogens is 264 g/mol. The van der Waals surface area contributed by atoms with Crippen LogP contribution in [-0.4, -0.2) is 15.6 Å². The third-order valence-electron chi connectivity index (χ3n) is 2.89. The van der Waals surface area contributed by atoms with Gasteiger partial charge in [-0.2, -0.15) is 0 Å². The van der Waals surface area contributed by atoms with Gasteiger partial charge in [-0.25, -0.2) is 0 Å². The lowest BCUT2D eigenvalue weighted by Gasteiger charge is -2.27. The maximum Gasteiger partial charge on any atom is 0.274 e. The Morgan fingerprint density at radius 1 is 1.25 bits per heavy atom. The molecular formula is C17H27O2Si. The Morgan fingerprint density at radius 3 is 2.35 bits per heavy atom. The zero-order chi connectivity index (χ0) is 15.3. The molecule has 1 aromatic rings. The van der Waals surface area contributed by atoms with E-state index in [2.05, 4.69) is 53.4 Å². The molecule has 0 fully saturated rings. The summed E-state index contributed by atoms with van der Waals surface area (Å²) in [6.07, 6.45) is 2.88. The van der Waals surface area contributed by atoms with Crippen molar-refractivity contribution in [3.63, 3.8) is 0 Å². The number of ether oxygens (including phenoxy) is 1. The molecule has 0 atom stereocenters. The van der Waals surface area contributed by atoms with Gasteiger partial charge in [0.2, 0.25) is 0 Å². The van der Waals surface area contributed by atoms with Crippen LogP contribution in [-0.2, 0) is 5.41 Å². The van der Waals surface area contributed by atoms with Crippen molar-refractivity contribution in [3.8, 4) is 11.5 Å². The fourth-order valence-electron chi connectivity index (χ4n) is 2.17. The van der Waals surface area contributed by atoms with E-state index in [0.717, 1.165) is 23.5 Å². The predicted octanol–water partition coefficient (Wildman–Crippen LogP) is 5.05. The van der Waals surface area contributed by atoms with Gasteiger partial charge < -0.3 is 9.16 Å². The Bertz CT molecular complexity index is 459. The molecule has 3 heteroatoms. The minimum absolute atomic E-state index is 0.0135. The molecule has 2 nitrogen and oxygen atoms in total. The highest BCUT2D eigenvalue weighted by Gasteiger charge is 2.25. The molecule has 1 radical (unpaired) electrons. The monoisotopic (exact) mass is 291 g/mol. The third kappa shape index (κ3) is 4.14. The summed E-state index contributed by atoms with van der Waals surface area (Å²) in [6.45, 7) is 17.6. The summed E-state index contributed by atoms with van der Waals surface area (Å²) in [5.41, 5.74) is 2.29. The quantitative estimate of drug-likeness (QED) is 0.683. The van der Waals surface area contributed by atoms with Gasteiger partial charge >= 0.3 is 0 Å². The van der Waals surface area contributed by atoms with Crippen LogP contribution >= 0.6 is 0 Å². The Morgan fingerprint density at radius 2 is 1.90 bits per heavy atom. The molecule has 0 aliphatic carbocycles. The fraction of sp³-hybridized carbons (Fsp3) is 0.529. The molecule has 0 aliphatic heterocycles. The zero-order valence-electron chi connectivity index (χ0n) is 13.7. The SMILES string of the molecule is C=Cc1ccc(O[Si](C)C)c(OCCC)c1C(C)(C)C. The van der Waals surface area contributed by atoms with Gasteiger partial charge in [-0.3, -0.25) is 0 Å². The molecule has 0 amide bonds. The van der Waals surface area contributed by atoms with Gasteiger partial charge in [0.05, 0.1) is 6.61 Å². The van der Waals surface area contributed by atoms with Crippen molar-refractivity contribution in [1.82, 2.24) is 0 Å². The van der Waals surface area contributed by atoms with Crippen LogP contribution in [0.1, 0.15) is 45.2 Å². The van der Waals surface area contributed by atoms with Gasteiger partial charge in [-0.1, -0.05) is 46.4 Å². The van der Waals surface area contributed by atoms with Crippen molar-refractivity contribution in [2.75, 3.05) is 6.61 Å². The van der Waals surface area contributed by atoms with Crippen LogP contribution < -0.4 is 9.16 Å². The zero-order valence-corrected chi connectivity index (χ0v) is 14.7. The number of hydrogen-bond donors (Lipinski definition) is 0. The Balaban J connectivity index is 3.43. The highest BCUT2D eigenvalue weighted by molar-refractivity contribution is 6.49. The summed E-state index contributed by atoms with van der Waals surface area (Å²) in [4.78, 5) is 0. The van der Waals surface area contributed by atoms with Crippen LogP contribution in [0.15, 0.2) is 18.7 Å². The van der Waals surface area contributed by atoms with E-state index in [1.165, 1.54) is 5.56 Å². The minimum Gasteiger partial charge on any atom is -0.540 e. The van der Waals surface area contributed by atoms with Crippen LogP contribution in [0.2, 0.25) is 13.1 Å². The summed E-state index contributed by atoms with van der Waals surface area (Å²) in [5, 5.41) is 0. The molecule has 0 N–H and O–H groups in total. The summed E-state index contributed by atoms with van der Waals surface area (Å²) >= 11 is 0. The van der Waals surface area contributed by atoms with E-state index in [1.54, 1.807) is 0 Å². The first-order valence-electron chi connectivity index (χ1n) is 7.22. The molecule has 0 aliphatic rings. The van der Waals surface area contributed by atoms with Crippen molar-refractivity contribution in [1.29, 1.82) is 0 Å². The largest absolute Gasteiger partial charge is 0.540 e. The van der Waals surface area contributed by atoms with E-state index >= 15 is 0 Å². The summed E-state index contributed by atoms with van der Waals surface area (Å²) < 4.78 is 12.1. The first-order valence-corrected chi connectivity index (χ1v) is 9.62. The highest BCUT2D eigenvalue weighted by Crippen LogP contribution is 2.41. The molecule has 0 spiro atoms. The van der Waals surface area contributed by atoms with Crippen molar-refractivity contribution in [2.24, 2.45) is 0 Å². The predicted molar refractivity (Wildman–Crippen MR) is 89.1 cm³/mol. The molecule has 0 aromatic heterocycles. The van der Waals surface area contributed by atoms with Crippen LogP contribution in [0.3, 0.4) is 0 Å². The maximum absolute atomic E-state index is 6.03. The molecule has 0 unspecified atom stereocenters. The van der Waals surface area contributed by atoms with E-state index in [4.69, 9.17) is 9.16 Å². The second-order valence-corrected chi connectivity index (χ2v) is 8.19. The third-order valence-corrected chi connectivity index (χ3v) is 3.52. The summed E-state index contributed by atoms with van der Waals surface area (Å²) in [7, 11) is -0.820. The normalized spacial score (nSPS) is 11.6. The Kier molecular flexibility index (Phi) is 5.87. The first kappa shape index (κ1) is 16.8. The van der Waals surface area contributed by atoms with E-state index in [1.807, 2.05) is 12.1 Å². The lowest BCUT2D eigenvalue weighted by Crippen LogP contribution is -2.18. The van der Waals surface area contributed by atoms with Crippen molar-refractivity contribution in [2.45, 2.75) is 52.6 Å². The van der Waals surface area contributed by atoms with Crippen LogP contribution in [0, 0.1) is 0 Å². The molecule has 1 aromatic carbocycles. The second-order valence-electron chi connectivity index (χ2n) is 6.17. The minimum atomic E-state index is -0.820. The first-order chi connectivity index (χ1) is 9.31. The molecule has 0 saturated heterocycles. The van der Waals surface area contributed by atoms with Gasteiger partial charge in [0.15, 0.2) is 5.75 Å². The molecule has 0 saturated carbocycles. The fourth-order valence-corrected chi connectivity index (χ4v) is 2.77. The Labute approximate surface area is 125 Å². The summed E-state index contributed by atoms with van der Waals surface area (Å²) in [6, 6.07) is 4.08. The smallest absolute Gasteiger partial charge is 0.274 e. The lowest BCUT2D eigenvalue weighted by atomic mass is 9.82. The van der Waals surface area contributed by atoms with Crippen molar-refractivity contribution in [3.05, 3.63) is 29.8 Å². The number of benzene rings is 1. The van der Waals surface area contributed by atoms with E-state index < -0.39 is 9.04 Å².